The van der Waals surface area contributed by atoms with Gasteiger partial charge in [-0.25, -0.2) is 9.78 Å². The first kappa shape index (κ1) is 24.7. The first-order valence-electron chi connectivity index (χ1n) is 11.6. The van der Waals surface area contributed by atoms with Crippen LogP contribution in [0.1, 0.15) is 53.4 Å². The van der Waals surface area contributed by atoms with E-state index >= 15 is 0 Å². The Morgan fingerprint density at radius 2 is 1.34 bits per heavy atom. The summed E-state index contributed by atoms with van der Waals surface area (Å²) in [5, 5.41) is 22.0. The van der Waals surface area contributed by atoms with Gasteiger partial charge in [0.25, 0.3) is 5.56 Å². The number of aromatic nitrogens is 4. The van der Waals surface area contributed by atoms with Gasteiger partial charge in [0, 0.05) is 63.4 Å². The molecule has 35 heavy (non-hydrogen) atoms. The molecule has 10 heteroatoms. The third-order valence-corrected chi connectivity index (χ3v) is 7.09. The highest BCUT2D eigenvalue weighted by molar-refractivity contribution is 6.03. The molecule has 2 aromatic heterocycles. The molecule has 2 aliphatic rings. The van der Waals surface area contributed by atoms with E-state index in [2.05, 4.69) is 4.98 Å². The first-order valence-corrected chi connectivity index (χ1v) is 11.6. The molecule has 0 amide bonds. The predicted molar refractivity (Wildman–Crippen MR) is 129 cm³/mol. The molecule has 2 heterocycles. The standard InChI is InChI=1S/C25H32N4O6/c1-24(2)7-14(30)18(15(31)8-24)13(19-16(32)9-25(3,4)10-17(19)33)11-29-12-26-21-20(29)22(34)28(6)23(35)27(21)5/h12-13,30,32H,7-11H2,1-6H3. The van der Waals surface area contributed by atoms with Gasteiger partial charge in [-0.1, -0.05) is 27.7 Å². The number of aliphatic hydroxyl groups excluding tert-OH is 2. The lowest BCUT2D eigenvalue weighted by Gasteiger charge is -2.36. The van der Waals surface area contributed by atoms with E-state index in [-0.39, 0.29) is 77.6 Å². The van der Waals surface area contributed by atoms with Crippen LogP contribution < -0.4 is 11.2 Å². The van der Waals surface area contributed by atoms with Crippen LogP contribution in [0, 0.1) is 16.7 Å². The average Bonchev–Trinajstić information content (AvgIpc) is 3.11. The second-order valence-corrected chi connectivity index (χ2v) is 11.4. The number of fused-ring (bicyclic) bond motifs is 1. The number of nitrogens with zero attached hydrogens (tertiary/aromatic N) is 4. The van der Waals surface area contributed by atoms with E-state index in [4.69, 9.17) is 0 Å². The van der Waals surface area contributed by atoms with Crippen molar-refractivity contribution < 1.29 is 19.8 Å². The molecule has 0 saturated carbocycles. The molecule has 0 radical (unpaired) electrons. The topological polar surface area (TPSA) is 136 Å². The maximum Gasteiger partial charge on any atom is 0.332 e. The molecule has 0 spiro atoms. The molecule has 0 aromatic carbocycles. The Balaban J connectivity index is 1.95. The summed E-state index contributed by atoms with van der Waals surface area (Å²) in [6.07, 6.45) is 2.23. The van der Waals surface area contributed by atoms with Crippen LogP contribution in [0.5, 0.6) is 0 Å². The van der Waals surface area contributed by atoms with Crippen molar-refractivity contribution in [2.75, 3.05) is 0 Å². The normalized spacial score (nSPS) is 20.4. The number of aliphatic hydroxyl groups is 2. The number of carbonyl (C=O) groups excluding carboxylic acids is 2. The third kappa shape index (κ3) is 4.15. The van der Waals surface area contributed by atoms with Crippen molar-refractivity contribution in [3.05, 3.63) is 49.8 Å². The van der Waals surface area contributed by atoms with E-state index in [1.165, 1.54) is 29.6 Å². The number of carbonyl (C=O) groups is 2. The summed E-state index contributed by atoms with van der Waals surface area (Å²) in [5.41, 5.74) is -1.51. The van der Waals surface area contributed by atoms with E-state index < -0.39 is 28.0 Å². The summed E-state index contributed by atoms with van der Waals surface area (Å²) in [7, 11) is 2.86. The monoisotopic (exact) mass is 484 g/mol. The van der Waals surface area contributed by atoms with Crippen LogP contribution in [0.15, 0.2) is 38.6 Å². The van der Waals surface area contributed by atoms with Crippen LogP contribution in [0.2, 0.25) is 0 Å². The van der Waals surface area contributed by atoms with Crippen molar-refractivity contribution in [3.8, 4) is 0 Å². The quantitative estimate of drug-likeness (QED) is 0.680. The number of Topliss-reactive ketones (excluding diaryl/α,β-unsaturated/α-hetero) is 2. The first-order chi connectivity index (χ1) is 16.1. The Labute approximate surface area is 202 Å². The molecular weight excluding hydrogens is 452 g/mol. The van der Waals surface area contributed by atoms with Crippen molar-refractivity contribution in [1.29, 1.82) is 0 Å². The number of allylic oxidation sites excluding steroid dienone is 4. The summed E-state index contributed by atoms with van der Waals surface area (Å²) in [4.78, 5) is 56.1. The van der Waals surface area contributed by atoms with Crippen LogP contribution >= 0.6 is 0 Å². The molecule has 0 unspecified atom stereocenters. The molecule has 2 N–H and O–H groups in total. The van der Waals surface area contributed by atoms with Gasteiger partial charge in [0.15, 0.2) is 22.7 Å². The highest BCUT2D eigenvalue weighted by Crippen LogP contribution is 2.44. The van der Waals surface area contributed by atoms with Gasteiger partial charge in [0.2, 0.25) is 0 Å². The zero-order valence-corrected chi connectivity index (χ0v) is 21.0. The van der Waals surface area contributed by atoms with Gasteiger partial charge in [-0.3, -0.25) is 23.5 Å². The van der Waals surface area contributed by atoms with Gasteiger partial charge in [-0.2, -0.15) is 0 Å². The fraction of sp³-hybridized carbons (Fsp3) is 0.560. The zero-order valence-electron chi connectivity index (χ0n) is 21.0. The van der Waals surface area contributed by atoms with E-state index in [0.717, 1.165) is 4.57 Å². The Hall–Kier alpha value is -3.43. The summed E-state index contributed by atoms with van der Waals surface area (Å²) in [6.45, 7) is 7.44. The van der Waals surface area contributed by atoms with E-state index in [0.29, 0.717) is 0 Å². The summed E-state index contributed by atoms with van der Waals surface area (Å²) in [5.74, 6) is -1.79. The number of imidazole rings is 1. The van der Waals surface area contributed by atoms with Gasteiger partial charge in [0.05, 0.1) is 6.33 Å². The fourth-order valence-electron chi connectivity index (χ4n) is 5.45. The minimum Gasteiger partial charge on any atom is -0.512 e. The summed E-state index contributed by atoms with van der Waals surface area (Å²) in [6, 6.07) is 0. The Morgan fingerprint density at radius 1 is 0.857 bits per heavy atom. The van der Waals surface area contributed by atoms with Gasteiger partial charge < -0.3 is 14.8 Å². The maximum atomic E-state index is 13.3. The molecule has 2 aliphatic carbocycles. The lowest BCUT2D eigenvalue weighted by Crippen LogP contribution is -2.38. The Bertz CT molecular complexity index is 1390. The maximum absolute atomic E-state index is 13.3. The van der Waals surface area contributed by atoms with Crippen molar-refractivity contribution in [2.24, 2.45) is 30.8 Å². The van der Waals surface area contributed by atoms with Crippen molar-refractivity contribution in [1.82, 2.24) is 18.7 Å². The summed E-state index contributed by atoms with van der Waals surface area (Å²) < 4.78 is 3.70. The van der Waals surface area contributed by atoms with Crippen molar-refractivity contribution in [3.63, 3.8) is 0 Å². The average molecular weight is 485 g/mol. The van der Waals surface area contributed by atoms with Crippen LogP contribution in [0.25, 0.3) is 11.2 Å². The SMILES string of the molecule is Cn1c(=O)c2c(ncn2CC(C2=C(O)CC(C)(C)CC2=O)C2=C(O)CC(C)(C)CC2=O)n(C)c1=O. The number of hydrogen-bond donors (Lipinski definition) is 2. The van der Waals surface area contributed by atoms with Gasteiger partial charge in [-0.15, -0.1) is 0 Å². The number of ketones is 2. The summed E-state index contributed by atoms with van der Waals surface area (Å²) >= 11 is 0. The lowest BCUT2D eigenvalue weighted by molar-refractivity contribution is -0.119. The second kappa shape index (κ2) is 8.07. The molecule has 0 atom stereocenters. The fourth-order valence-corrected chi connectivity index (χ4v) is 5.45. The van der Waals surface area contributed by atoms with Gasteiger partial charge in [0.1, 0.15) is 11.5 Å². The molecule has 188 valence electrons. The molecule has 0 saturated heterocycles. The predicted octanol–water partition coefficient (Wildman–Crippen LogP) is 2.45. The smallest absolute Gasteiger partial charge is 0.332 e. The van der Waals surface area contributed by atoms with Crippen LogP contribution in [-0.2, 0) is 30.2 Å². The number of hydrogen-bond acceptors (Lipinski definition) is 7. The highest BCUT2D eigenvalue weighted by atomic mass is 16.3. The molecular formula is C25H32N4O6. The van der Waals surface area contributed by atoms with Crippen LogP contribution in [0.4, 0.5) is 0 Å². The van der Waals surface area contributed by atoms with E-state index in [9.17, 15) is 29.4 Å². The number of rotatable bonds is 4. The molecule has 2 aromatic rings. The minimum atomic E-state index is -0.971. The van der Waals surface area contributed by atoms with Crippen molar-refractivity contribution >= 4 is 22.7 Å². The highest BCUT2D eigenvalue weighted by Gasteiger charge is 2.43. The zero-order chi connectivity index (χ0) is 26.0. The molecule has 4 rings (SSSR count). The molecule has 0 aliphatic heterocycles. The van der Waals surface area contributed by atoms with Crippen LogP contribution in [0.3, 0.4) is 0 Å². The van der Waals surface area contributed by atoms with Gasteiger partial charge in [-0.05, 0) is 10.8 Å². The van der Waals surface area contributed by atoms with E-state index in [1.807, 2.05) is 27.7 Å². The second-order valence-electron chi connectivity index (χ2n) is 11.4. The third-order valence-electron chi connectivity index (χ3n) is 7.09. The van der Waals surface area contributed by atoms with Crippen molar-refractivity contribution in [2.45, 2.75) is 59.9 Å². The van der Waals surface area contributed by atoms with Gasteiger partial charge >= 0.3 is 5.69 Å². The molecule has 0 fully saturated rings. The largest absolute Gasteiger partial charge is 0.512 e. The molecule has 0 bridgehead atoms. The van der Waals surface area contributed by atoms with E-state index in [1.54, 1.807) is 0 Å². The van der Waals surface area contributed by atoms with Crippen LogP contribution in [-0.4, -0.2) is 40.5 Å². The minimum absolute atomic E-state index is 0.0823. The Morgan fingerprint density at radius 3 is 1.80 bits per heavy atom. The molecule has 10 nitrogen and oxygen atoms in total. The Kier molecular flexibility index (Phi) is 5.69. The number of aryl methyl sites for hydroxylation is 1. The lowest BCUT2D eigenvalue weighted by atomic mass is 9.68.